The molecule has 0 aliphatic carbocycles. The third kappa shape index (κ3) is 2.50. The average Bonchev–Trinajstić information content (AvgIpc) is 2.42. The van der Waals surface area contributed by atoms with Crippen molar-refractivity contribution in [1.82, 2.24) is 10.2 Å². The van der Waals surface area contributed by atoms with Gasteiger partial charge < -0.3 is 5.32 Å². The van der Waals surface area contributed by atoms with E-state index in [4.69, 9.17) is 0 Å². The summed E-state index contributed by atoms with van der Waals surface area (Å²) >= 11 is 0. The van der Waals surface area contributed by atoms with Gasteiger partial charge in [0.2, 0.25) is 0 Å². The van der Waals surface area contributed by atoms with Crippen molar-refractivity contribution < 1.29 is 0 Å². The van der Waals surface area contributed by atoms with Gasteiger partial charge in [0.05, 0.1) is 0 Å². The SMILES string of the molecule is CC1=CCN(CC2NCCc3ccccc32)CC1. The predicted octanol–water partition coefficient (Wildman–Crippen LogP) is 2.53. The van der Waals surface area contributed by atoms with E-state index in [9.17, 15) is 0 Å². The molecule has 3 rings (SSSR count). The smallest absolute Gasteiger partial charge is 0.0452 e. The summed E-state index contributed by atoms with van der Waals surface area (Å²) in [6.07, 6.45) is 4.78. The van der Waals surface area contributed by atoms with Crippen LogP contribution in [-0.4, -0.2) is 31.1 Å². The first-order valence-corrected chi connectivity index (χ1v) is 7.02. The van der Waals surface area contributed by atoms with E-state index < -0.39 is 0 Å². The molecule has 0 aromatic heterocycles. The Kier molecular flexibility index (Phi) is 3.48. The van der Waals surface area contributed by atoms with Gasteiger partial charge in [-0.1, -0.05) is 35.9 Å². The molecule has 2 heteroatoms. The first-order valence-electron chi connectivity index (χ1n) is 7.02. The highest BCUT2D eigenvalue weighted by atomic mass is 15.1. The Morgan fingerprint density at radius 3 is 3.00 bits per heavy atom. The van der Waals surface area contributed by atoms with Gasteiger partial charge in [0.25, 0.3) is 0 Å². The van der Waals surface area contributed by atoms with E-state index in [0.29, 0.717) is 6.04 Å². The maximum atomic E-state index is 3.67. The van der Waals surface area contributed by atoms with Crippen molar-refractivity contribution in [3.63, 3.8) is 0 Å². The molecule has 0 saturated heterocycles. The molecular formula is C16H22N2. The zero-order valence-electron chi connectivity index (χ0n) is 11.2. The van der Waals surface area contributed by atoms with Crippen LogP contribution in [-0.2, 0) is 6.42 Å². The van der Waals surface area contributed by atoms with E-state index in [1.807, 2.05) is 0 Å². The van der Waals surface area contributed by atoms with Crippen molar-refractivity contribution in [2.75, 3.05) is 26.2 Å². The van der Waals surface area contributed by atoms with Crippen LogP contribution in [0, 0.1) is 0 Å². The first kappa shape index (κ1) is 11.9. The van der Waals surface area contributed by atoms with E-state index in [2.05, 4.69) is 47.5 Å². The topological polar surface area (TPSA) is 15.3 Å². The number of benzene rings is 1. The summed E-state index contributed by atoms with van der Waals surface area (Å²) in [6.45, 7) is 6.82. The molecule has 18 heavy (non-hydrogen) atoms. The third-order valence-corrected chi connectivity index (χ3v) is 4.18. The summed E-state index contributed by atoms with van der Waals surface area (Å²) in [5.41, 5.74) is 4.59. The Morgan fingerprint density at radius 1 is 1.28 bits per heavy atom. The normalized spacial score (nSPS) is 24.5. The molecule has 1 aromatic carbocycles. The molecule has 0 radical (unpaired) electrons. The lowest BCUT2D eigenvalue weighted by Crippen LogP contribution is -2.40. The van der Waals surface area contributed by atoms with Gasteiger partial charge in [-0.05, 0) is 37.4 Å². The Labute approximate surface area is 110 Å². The molecule has 0 fully saturated rings. The fourth-order valence-corrected chi connectivity index (χ4v) is 2.99. The summed E-state index contributed by atoms with van der Waals surface area (Å²) in [5.74, 6) is 0. The van der Waals surface area contributed by atoms with E-state index in [-0.39, 0.29) is 0 Å². The van der Waals surface area contributed by atoms with Crippen LogP contribution in [0.25, 0.3) is 0 Å². The van der Waals surface area contributed by atoms with E-state index in [0.717, 1.165) is 19.6 Å². The molecule has 1 aromatic rings. The number of rotatable bonds is 2. The minimum Gasteiger partial charge on any atom is -0.309 e. The molecule has 96 valence electrons. The fraction of sp³-hybridized carbons (Fsp3) is 0.500. The van der Waals surface area contributed by atoms with Crippen LogP contribution in [0.1, 0.15) is 30.5 Å². The molecule has 1 atom stereocenters. The Balaban J connectivity index is 1.71. The summed E-state index contributed by atoms with van der Waals surface area (Å²) in [5, 5.41) is 3.67. The van der Waals surface area contributed by atoms with Gasteiger partial charge in [0, 0.05) is 25.7 Å². The quantitative estimate of drug-likeness (QED) is 0.802. The van der Waals surface area contributed by atoms with E-state index in [1.165, 1.54) is 30.5 Å². The molecule has 0 bridgehead atoms. The average molecular weight is 242 g/mol. The largest absolute Gasteiger partial charge is 0.309 e. The molecule has 0 spiro atoms. The van der Waals surface area contributed by atoms with Crippen LogP contribution in [0.5, 0.6) is 0 Å². The molecule has 2 nitrogen and oxygen atoms in total. The van der Waals surface area contributed by atoms with Crippen LogP contribution in [0.2, 0.25) is 0 Å². The number of hydrogen-bond acceptors (Lipinski definition) is 2. The fourth-order valence-electron chi connectivity index (χ4n) is 2.99. The number of fused-ring (bicyclic) bond motifs is 1. The number of nitrogens with zero attached hydrogens (tertiary/aromatic N) is 1. The van der Waals surface area contributed by atoms with Crippen LogP contribution in [0.4, 0.5) is 0 Å². The lowest BCUT2D eigenvalue weighted by atomic mass is 9.94. The highest BCUT2D eigenvalue weighted by Gasteiger charge is 2.22. The zero-order valence-corrected chi connectivity index (χ0v) is 11.2. The van der Waals surface area contributed by atoms with Crippen molar-refractivity contribution in [2.24, 2.45) is 0 Å². The Morgan fingerprint density at radius 2 is 2.17 bits per heavy atom. The lowest BCUT2D eigenvalue weighted by Gasteiger charge is -2.33. The Hall–Kier alpha value is -1.12. The van der Waals surface area contributed by atoms with Crippen LogP contribution < -0.4 is 5.32 Å². The molecule has 1 unspecified atom stereocenters. The zero-order chi connectivity index (χ0) is 12.4. The van der Waals surface area contributed by atoms with Crippen molar-refractivity contribution in [1.29, 1.82) is 0 Å². The highest BCUT2D eigenvalue weighted by molar-refractivity contribution is 5.32. The van der Waals surface area contributed by atoms with Crippen molar-refractivity contribution in [2.45, 2.75) is 25.8 Å². The van der Waals surface area contributed by atoms with Gasteiger partial charge in [-0.3, -0.25) is 4.90 Å². The van der Waals surface area contributed by atoms with Crippen molar-refractivity contribution >= 4 is 0 Å². The maximum Gasteiger partial charge on any atom is 0.0452 e. The summed E-state index contributed by atoms with van der Waals surface area (Å²) in [7, 11) is 0. The van der Waals surface area contributed by atoms with Gasteiger partial charge in [0.15, 0.2) is 0 Å². The minimum atomic E-state index is 0.516. The maximum absolute atomic E-state index is 3.67. The molecule has 1 N–H and O–H groups in total. The van der Waals surface area contributed by atoms with Gasteiger partial charge in [-0.25, -0.2) is 0 Å². The molecular weight excluding hydrogens is 220 g/mol. The number of hydrogen-bond donors (Lipinski definition) is 1. The van der Waals surface area contributed by atoms with Crippen LogP contribution in [0.3, 0.4) is 0 Å². The number of nitrogens with one attached hydrogen (secondary N) is 1. The predicted molar refractivity (Wildman–Crippen MR) is 75.7 cm³/mol. The molecule has 2 aliphatic rings. The van der Waals surface area contributed by atoms with Crippen molar-refractivity contribution in [3.05, 3.63) is 47.0 Å². The van der Waals surface area contributed by atoms with Gasteiger partial charge in [0.1, 0.15) is 0 Å². The summed E-state index contributed by atoms with van der Waals surface area (Å²) in [6, 6.07) is 9.41. The summed E-state index contributed by atoms with van der Waals surface area (Å²) in [4.78, 5) is 2.56. The van der Waals surface area contributed by atoms with Gasteiger partial charge in [-0.15, -0.1) is 0 Å². The van der Waals surface area contributed by atoms with Gasteiger partial charge >= 0.3 is 0 Å². The minimum absolute atomic E-state index is 0.516. The Bertz CT molecular complexity index is 450. The van der Waals surface area contributed by atoms with Crippen molar-refractivity contribution in [3.8, 4) is 0 Å². The van der Waals surface area contributed by atoms with Gasteiger partial charge in [-0.2, -0.15) is 0 Å². The van der Waals surface area contributed by atoms with Crippen LogP contribution >= 0.6 is 0 Å². The standard InChI is InChI=1S/C16H22N2/c1-13-7-10-18(11-8-13)12-16-15-5-3-2-4-14(15)6-9-17-16/h2-5,7,16-17H,6,8-12H2,1H3. The summed E-state index contributed by atoms with van der Waals surface area (Å²) < 4.78 is 0. The molecule has 0 saturated carbocycles. The second kappa shape index (κ2) is 5.25. The van der Waals surface area contributed by atoms with E-state index >= 15 is 0 Å². The first-order chi connectivity index (χ1) is 8.83. The highest BCUT2D eigenvalue weighted by Crippen LogP contribution is 2.24. The molecule has 0 amide bonds. The van der Waals surface area contributed by atoms with Crippen LogP contribution in [0.15, 0.2) is 35.9 Å². The second-order valence-corrected chi connectivity index (χ2v) is 5.52. The molecule has 2 heterocycles. The monoisotopic (exact) mass is 242 g/mol. The lowest BCUT2D eigenvalue weighted by molar-refractivity contribution is 0.255. The third-order valence-electron chi connectivity index (χ3n) is 4.18. The van der Waals surface area contributed by atoms with E-state index in [1.54, 1.807) is 5.57 Å². The second-order valence-electron chi connectivity index (χ2n) is 5.52. The molecule has 2 aliphatic heterocycles.